The number of aromatic nitrogens is 2. The summed E-state index contributed by atoms with van der Waals surface area (Å²) in [4.78, 5) is 31.0. The molecule has 0 aliphatic heterocycles. The van der Waals surface area contributed by atoms with Gasteiger partial charge in [-0.05, 0) is 24.6 Å². The molecule has 0 unspecified atom stereocenters. The van der Waals surface area contributed by atoms with E-state index in [1.807, 2.05) is 6.92 Å². The number of rotatable bonds is 5. The van der Waals surface area contributed by atoms with E-state index in [1.54, 1.807) is 24.4 Å². The van der Waals surface area contributed by atoms with Crippen LogP contribution in [0, 0.1) is 6.92 Å². The molecule has 1 atom stereocenters. The van der Waals surface area contributed by atoms with Crippen LogP contribution in [-0.2, 0) is 11.2 Å². The van der Waals surface area contributed by atoms with E-state index in [-0.39, 0.29) is 11.8 Å². The molecule has 3 N–H and O–H groups in total. The zero-order chi connectivity index (χ0) is 16.1. The van der Waals surface area contributed by atoms with Gasteiger partial charge in [0.1, 0.15) is 6.04 Å². The van der Waals surface area contributed by atoms with Crippen molar-refractivity contribution in [2.45, 2.75) is 19.4 Å². The molecule has 0 fully saturated rings. The highest BCUT2D eigenvalue weighted by atomic mass is 35.5. The number of amides is 2. The van der Waals surface area contributed by atoms with Crippen LogP contribution in [0.15, 0.2) is 30.7 Å². The molecule has 6 nitrogen and oxygen atoms in total. The Morgan fingerprint density at radius 1 is 1.41 bits per heavy atom. The number of aromatic amines is 1. The predicted octanol–water partition coefficient (Wildman–Crippen LogP) is 1.46. The second kappa shape index (κ2) is 7.09. The van der Waals surface area contributed by atoms with E-state index < -0.39 is 6.04 Å². The van der Waals surface area contributed by atoms with E-state index >= 15 is 0 Å². The topological polar surface area (TPSA) is 86.9 Å². The van der Waals surface area contributed by atoms with E-state index in [2.05, 4.69) is 20.6 Å². The fourth-order valence-corrected chi connectivity index (χ4v) is 2.16. The molecule has 1 aromatic heterocycles. The van der Waals surface area contributed by atoms with E-state index in [0.29, 0.717) is 17.0 Å². The van der Waals surface area contributed by atoms with Gasteiger partial charge in [0.15, 0.2) is 0 Å². The zero-order valence-electron chi connectivity index (χ0n) is 12.3. The van der Waals surface area contributed by atoms with Gasteiger partial charge < -0.3 is 15.6 Å². The maximum Gasteiger partial charge on any atom is 0.251 e. The summed E-state index contributed by atoms with van der Waals surface area (Å²) >= 11 is 6.03. The average Bonchev–Trinajstić information content (AvgIpc) is 3.01. The third-order valence-corrected chi connectivity index (χ3v) is 3.69. The van der Waals surface area contributed by atoms with Crippen LogP contribution in [0.1, 0.15) is 21.6 Å². The smallest absolute Gasteiger partial charge is 0.251 e. The van der Waals surface area contributed by atoms with Gasteiger partial charge in [-0.1, -0.05) is 17.7 Å². The van der Waals surface area contributed by atoms with Gasteiger partial charge in [0.05, 0.1) is 6.33 Å². The number of aryl methyl sites for hydroxylation is 1. The van der Waals surface area contributed by atoms with Crippen LogP contribution in [0.4, 0.5) is 0 Å². The van der Waals surface area contributed by atoms with Gasteiger partial charge >= 0.3 is 0 Å². The van der Waals surface area contributed by atoms with Crippen LogP contribution in [-0.4, -0.2) is 34.9 Å². The number of carbonyl (C=O) groups is 2. The lowest BCUT2D eigenvalue weighted by molar-refractivity contribution is -0.122. The van der Waals surface area contributed by atoms with Crippen LogP contribution >= 0.6 is 11.6 Å². The molecule has 2 amide bonds. The Labute approximate surface area is 133 Å². The molecule has 0 bridgehead atoms. The molecule has 116 valence electrons. The Morgan fingerprint density at radius 3 is 2.77 bits per heavy atom. The van der Waals surface area contributed by atoms with Gasteiger partial charge in [-0.3, -0.25) is 9.59 Å². The first kappa shape index (κ1) is 16.0. The zero-order valence-corrected chi connectivity index (χ0v) is 13.1. The minimum atomic E-state index is -0.696. The number of likely N-dealkylation sites (N-methyl/N-ethyl adjacent to an activating group) is 1. The number of nitrogens with zero attached hydrogens (tertiary/aromatic N) is 1. The van der Waals surface area contributed by atoms with Gasteiger partial charge in [0.25, 0.3) is 5.91 Å². The fraction of sp³-hybridized carbons (Fsp3) is 0.267. The summed E-state index contributed by atoms with van der Waals surface area (Å²) < 4.78 is 0. The van der Waals surface area contributed by atoms with Gasteiger partial charge in [-0.2, -0.15) is 0 Å². The van der Waals surface area contributed by atoms with Crippen molar-refractivity contribution in [3.05, 3.63) is 52.6 Å². The number of hydrogen-bond acceptors (Lipinski definition) is 3. The lowest BCUT2D eigenvalue weighted by Gasteiger charge is -2.17. The summed E-state index contributed by atoms with van der Waals surface area (Å²) in [6, 6.07) is 4.33. The van der Waals surface area contributed by atoms with Crippen molar-refractivity contribution >= 4 is 23.4 Å². The standard InChI is InChI=1S/C15H17ClN4O2/c1-9-3-4-10(5-12(9)16)14(21)20-13(15(22)17-2)6-11-7-18-8-19-11/h3-5,7-8,13H,6H2,1-2H3,(H,17,22)(H,18,19)(H,20,21)/t13-/m0/s1. The highest BCUT2D eigenvalue weighted by Gasteiger charge is 2.21. The highest BCUT2D eigenvalue weighted by molar-refractivity contribution is 6.31. The van der Waals surface area contributed by atoms with Crippen molar-refractivity contribution in [3.8, 4) is 0 Å². The van der Waals surface area contributed by atoms with Crippen LogP contribution in [0.25, 0.3) is 0 Å². The Hall–Kier alpha value is -2.34. The molecule has 0 aliphatic carbocycles. The van der Waals surface area contributed by atoms with Crippen molar-refractivity contribution in [1.29, 1.82) is 0 Å². The van der Waals surface area contributed by atoms with Crippen LogP contribution in [0.5, 0.6) is 0 Å². The van der Waals surface area contributed by atoms with Gasteiger partial charge in [-0.25, -0.2) is 4.98 Å². The second-order valence-corrected chi connectivity index (χ2v) is 5.29. The fourth-order valence-electron chi connectivity index (χ4n) is 1.98. The van der Waals surface area contributed by atoms with E-state index in [1.165, 1.54) is 13.4 Å². The summed E-state index contributed by atoms with van der Waals surface area (Å²) in [6.07, 6.45) is 3.47. The maximum atomic E-state index is 12.3. The predicted molar refractivity (Wildman–Crippen MR) is 83.8 cm³/mol. The molecule has 7 heteroatoms. The quantitative estimate of drug-likeness (QED) is 0.779. The monoisotopic (exact) mass is 320 g/mol. The van der Waals surface area contributed by atoms with Crippen molar-refractivity contribution in [2.75, 3.05) is 7.05 Å². The third kappa shape index (κ3) is 3.85. The first-order valence-electron chi connectivity index (χ1n) is 6.77. The molecule has 0 saturated carbocycles. The summed E-state index contributed by atoms with van der Waals surface area (Å²) in [6.45, 7) is 1.86. The minimum Gasteiger partial charge on any atom is -0.357 e. The molecular formula is C15H17ClN4O2. The largest absolute Gasteiger partial charge is 0.357 e. The number of hydrogen-bond donors (Lipinski definition) is 3. The Morgan fingerprint density at radius 2 is 2.18 bits per heavy atom. The van der Waals surface area contributed by atoms with E-state index in [0.717, 1.165) is 11.3 Å². The maximum absolute atomic E-state index is 12.3. The molecule has 1 heterocycles. The average molecular weight is 321 g/mol. The Balaban J connectivity index is 2.13. The Bertz CT molecular complexity index is 670. The molecule has 22 heavy (non-hydrogen) atoms. The summed E-state index contributed by atoms with van der Waals surface area (Å²) in [5.41, 5.74) is 2.06. The molecule has 2 rings (SSSR count). The van der Waals surface area contributed by atoms with E-state index in [4.69, 9.17) is 11.6 Å². The summed E-state index contributed by atoms with van der Waals surface area (Å²) in [5.74, 6) is -0.629. The Kier molecular flexibility index (Phi) is 5.16. The first-order chi connectivity index (χ1) is 10.5. The molecule has 1 aromatic carbocycles. The lowest BCUT2D eigenvalue weighted by Crippen LogP contribution is -2.47. The van der Waals surface area contributed by atoms with Gasteiger partial charge in [0, 0.05) is 35.9 Å². The van der Waals surface area contributed by atoms with Crippen molar-refractivity contribution in [2.24, 2.45) is 0 Å². The van der Waals surface area contributed by atoms with Crippen LogP contribution in [0.3, 0.4) is 0 Å². The van der Waals surface area contributed by atoms with Crippen molar-refractivity contribution in [3.63, 3.8) is 0 Å². The number of nitrogens with one attached hydrogen (secondary N) is 3. The first-order valence-corrected chi connectivity index (χ1v) is 7.15. The number of carbonyl (C=O) groups excluding carboxylic acids is 2. The molecular weight excluding hydrogens is 304 g/mol. The molecule has 0 radical (unpaired) electrons. The van der Waals surface area contributed by atoms with Crippen molar-refractivity contribution in [1.82, 2.24) is 20.6 Å². The summed E-state index contributed by atoms with van der Waals surface area (Å²) in [5, 5.41) is 5.76. The van der Waals surface area contributed by atoms with Gasteiger partial charge in [0.2, 0.25) is 5.91 Å². The molecule has 0 spiro atoms. The molecule has 0 saturated heterocycles. The number of benzene rings is 1. The number of imidazole rings is 1. The minimum absolute atomic E-state index is 0.277. The third-order valence-electron chi connectivity index (χ3n) is 3.28. The van der Waals surface area contributed by atoms with E-state index in [9.17, 15) is 9.59 Å². The number of H-pyrrole nitrogens is 1. The van der Waals surface area contributed by atoms with Crippen LogP contribution < -0.4 is 10.6 Å². The second-order valence-electron chi connectivity index (χ2n) is 4.89. The normalized spacial score (nSPS) is 11.8. The molecule has 0 aliphatic rings. The summed E-state index contributed by atoms with van der Waals surface area (Å²) in [7, 11) is 1.52. The molecule has 2 aromatic rings. The number of halogens is 1. The lowest BCUT2D eigenvalue weighted by atomic mass is 10.1. The van der Waals surface area contributed by atoms with Crippen molar-refractivity contribution < 1.29 is 9.59 Å². The SMILES string of the molecule is CNC(=O)[C@H](Cc1cnc[nH]1)NC(=O)c1ccc(C)c(Cl)c1. The van der Waals surface area contributed by atoms with Crippen LogP contribution in [0.2, 0.25) is 5.02 Å². The highest BCUT2D eigenvalue weighted by Crippen LogP contribution is 2.16. The van der Waals surface area contributed by atoms with Gasteiger partial charge in [-0.15, -0.1) is 0 Å².